The van der Waals surface area contributed by atoms with Crippen LogP contribution in [0.2, 0.25) is 5.02 Å². The third kappa shape index (κ3) is 6.29. The number of para-hydroxylation sites is 1. The van der Waals surface area contributed by atoms with Gasteiger partial charge in [0.05, 0.1) is 12.2 Å². The summed E-state index contributed by atoms with van der Waals surface area (Å²) in [4.78, 5) is 24.1. The zero-order valence-electron chi connectivity index (χ0n) is 14.5. The molecule has 0 aliphatic rings. The predicted molar refractivity (Wildman–Crippen MR) is 99.4 cm³/mol. The van der Waals surface area contributed by atoms with Crippen molar-refractivity contribution in [2.45, 2.75) is 19.8 Å². The van der Waals surface area contributed by atoms with Crippen molar-refractivity contribution in [3.05, 3.63) is 59.1 Å². The number of carbonyl (C=O) groups is 2. The Labute approximate surface area is 157 Å². The van der Waals surface area contributed by atoms with Gasteiger partial charge in [-0.2, -0.15) is 0 Å². The summed E-state index contributed by atoms with van der Waals surface area (Å²) in [6.45, 7) is 2.35. The lowest BCUT2D eigenvalue weighted by molar-refractivity contribution is -0.123. The number of hydrazine groups is 1. The molecule has 2 amide bonds. The molecule has 0 saturated heterocycles. The van der Waals surface area contributed by atoms with Crippen LogP contribution in [0, 0.1) is 0 Å². The number of carbonyl (C=O) groups excluding carboxylic acids is 2. The van der Waals surface area contributed by atoms with Crippen molar-refractivity contribution in [2.24, 2.45) is 0 Å². The third-order valence-corrected chi connectivity index (χ3v) is 3.64. The van der Waals surface area contributed by atoms with Crippen LogP contribution >= 0.6 is 11.6 Å². The van der Waals surface area contributed by atoms with Crippen LogP contribution in [0.5, 0.6) is 11.5 Å². The Kier molecular flexibility index (Phi) is 7.76. The molecule has 0 heterocycles. The first-order valence-electron chi connectivity index (χ1n) is 8.29. The maximum atomic E-state index is 12.3. The fourth-order valence-corrected chi connectivity index (χ4v) is 2.14. The van der Waals surface area contributed by atoms with E-state index in [1.165, 1.54) is 0 Å². The Morgan fingerprint density at radius 2 is 1.73 bits per heavy atom. The van der Waals surface area contributed by atoms with Crippen molar-refractivity contribution in [2.75, 3.05) is 13.2 Å². The summed E-state index contributed by atoms with van der Waals surface area (Å²) in [7, 11) is 0. The minimum atomic E-state index is -0.488. The van der Waals surface area contributed by atoms with Gasteiger partial charge in [0.15, 0.2) is 6.61 Å². The number of hydrogen-bond acceptors (Lipinski definition) is 4. The molecule has 2 N–H and O–H groups in total. The number of halogens is 1. The van der Waals surface area contributed by atoms with E-state index in [-0.39, 0.29) is 6.61 Å². The molecule has 0 unspecified atom stereocenters. The standard InChI is InChI=1S/C19H21ClN2O4/c1-2-3-12-25-17-7-5-4-6-16(17)19(24)22-21-18(23)13-26-15-10-8-14(20)9-11-15/h4-11H,2-3,12-13H2,1H3,(H,21,23)(H,22,24). The van der Waals surface area contributed by atoms with Crippen LogP contribution in [0.3, 0.4) is 0 Å². The molecule has 2 rings (SSSR count). The molecule has 26 heavy (non-hydrogen) atoms. The first-order valence-corrected chi connectivity index (χ1v) is 8.67. The van der Waals surface area contributed by atoms with Crippen LogP contribution in [0.25, 0.3) is 0 Å². The monoisotopic (exact) mass is 376 g/mol. The molecule has 0 atom stereocenters. The predicted octanol–water partition coefficient (Wildman–Crippen LogP) is 3.36. The minimum absolute atomic E-state index is 0.240. The van der Waals surface area contributed by atoms with Gasteiger partial charge in [0.2, 0.25) is 0 Å². The Morgan fingerprint density at radius 3 is 2.46 bits per heavy atom. The Hall–Kier alpha value is -2.73. The third-order valence-electron chi connectivity index (χ3n) is 3.39. The topological polar surface area (TPSA) is 76.7 Å². The van der Waals surface area contributed by atoms with E-state index in [1.807, 2.05) is 0 Å². The molecule has 0 fully saturated rings. The largest absolute Gasteiger partial charge is 0.493 e. The van der Waals surface area contributed by atoms with Gasteiger partial charge in [0.25, 0.3) is 11.8 Å². The highest BCUT2D eigenvalue weighted by atomic mass is 35.5. The smallest absolute Gasteiger partial charge is 0.276 e. The molecule has 0 spiro atoms. The van der Waals surface area contributed by atoms with Crippen molar-refractivity contribution < 1.29 is 19.1 Å². The van der Waals surface area contributed by atoms with Crippen LogP contribution in [0.1, 0.15) is 30.1 Å². The zero-order chi connectivity index (χ0) is 18.8. The van der Waals surface area contributed by atoms with Gasteiger partial charge in [-0.25, -0.2) is 0 Å². The minimum Gasteiger partial charge on any atom is -0.493 e. The normalized spacial score (nSPS) is 10.1. The average Bonchev–Trinajstić information content (AvgIpc) is 2.66. The van der Waals surface area contributed by atoms with E-state index in [4.69, 9.17) is 21.1 Å². The van der Waals surface area contributed by atoms with Crippen molar-refractivity contribution in [1.82, 2.24) is 10.9 Å². The van der Waals surface area contributed by atoms with E-state index in [1.54, 1.807) is 48.5 Å². The van der Waals surface area contributed by atoms with Gasteiger partial charge in [0, 0.05) is 5.02 Å². The molecule has 2 aromatic carbocycles. The van der Waals surface area contributed by atoms with Crippen LogP contribution in [0.15, 0.2) is 48.5 Å². The van der Waals surface area contributed by atoms with Crippen LogP contribution < -0.4 is 20.3 Å². The zero-order valence-corrected chi connectivity index (χ0v) is 15.2. The van der Waals surface area contributed by atoms with Crippen LogP contribution in [-0.4, -0.2) is 25.0 Å². The first-order chi connectivity index (χ1) is 12.6. The van der Waals surface area contributed by atoms with Crippen molar-refractivity contribution in [3.8, 4) is 11.5 Å². The molecule has 0 saturated carbocycles. The SMILES string of the molecule is CCCCOc1ccccc1C(=O)NNC(=O)COc1ccc(Cl)cc1. The summed E-state index contributed by atoms with van der Waals surface area (Å²) in [6, 6.07) is 13.5. The fraction of sp³-hybridized carbons (Fsp3) is 0.263. The second-order valence-electron chi connectivity index (χ2n) is 5.44. The lowest BCUT2D eigenvalue weighted by atomic mass is 10.2. The first kappa shape index (κ1) is 19.6. The molecular formula is C19H21ClN2O4. The van der Waals surface area contributed by atoms with Gasteiger partial charge in [-0.3, -0.25) is 20.4 Å². The van der Waals surface area contributed by atoms with Gasteiger partial charge >= 0.3 is 0 Å². The Morgan fingerprint density at radius 1 is 1.00 bits per heavy atom. The van der Waals surface area contributed by atoms with E-state index in [2.05, 4.69) is 17.8 Å². The second-order valence-corrected chi connectivity index (χ2v) is 5.88. The second kappa shape index (κ2) is 10.3. The Bertz CT molecular complexity index is 735. The summed E-state index contributed by atoms with van der Waals surface area (Å²) in [5.41, 5.74) is 5.02. The van der Waals surface area contributed by atoms with Gasteiger partial charge in [0.1, 0.15) is 11.5 Å². The lowest BCUT2D eigenvalue weighted by Crippen LogP contribution is -2.43. The molecule has 6 nitrogen and oxygen atoms in total. The highest BCUT2D eigenvalue weighted by Gasteiger charge is 2.13. The number of amides is 2. The number of nitrogens with one attached hydrogen (secondary N) is 2. The molecule has 0 radical (unpaired) electrons. The highest BCUT2D eigenvalue weighted by Crippen LogP contribution is 2.18. The number of ether oxygens (including phenoxy) is 2. The van der Waals surface area contributed by atoms with Gasteiger partial charge < -0.3 is 9.47 Å². The lowest BCUT2D eigenvalue weighted by Gasteiger charge is -2.12. The molecule has 2 aromatic rings. The van der Waals surface area contributed by atoms with Gasteiger partial charge in [-0.1, -0.05) is 37.1 Å². The number of hydrogen-bond donors (Lipinski definition) is 2. The molecular weight excluding hydrogens is 356 g/mol. The summed E-state index contributed by atoms with van der Waals surface area (Å²) in [6.07, 6.45) is 1.90. The van der Waals surface area contributed by atoms with Gasteiger partial charge in [-0.15, -0.1) is 0 Å². The van der Waals surface area contributed by atoms with Crippen molar-refractivity contribution in [3.63, 3.8) is 0 Å². The van der Waals surface area contributed by atoms with E-state index >= 15 is 0 Å². The molecule has 0 aromatic heterocycles. The summed E-state index contributed by atoms with van der Waals surface area (Å²) >= 11 is 5.78. The van der Waals surface area contributed by atoms with Crippen molar-refractivity contribution >= 4 is 23.4 Å². The summed E-state index contributed by atoms with van der Waals surface area (Å²) < 4.78 is 10.9. The van der Waals surface area contributed by atoms with E-state index in [9.17, 15) is 9.59 Å². The number of benzene rings is 2. The summed E-state index contributed by atoms with van der Waals surface area (Å²) in [5.74, 6) is 0.0327. The number of unbranched alkanes of at least 4 members (excludes halogenated alkanes) is 1. The maximum absolute atomic E-state index is 12.3. The molecule has 0 aliphatic heterocycles. The molecule has 7 heteroatoms. The molecule has 0 bridgehead atoms. The van der Waals surface area contributed by atoms with E-state index in [0.717, 1.165) is 12.8 Å². The fourth-order valence-electron chi connectivity index (χ4n) is 2.02. The average molecular weight is 377 g/mol. The summed E-state index contributed by atoms with van der Waals surface area (Å²) in [5, 5.41) is 0.578. The highest BCUT2D eigenvalue weighted by molar-refractivity contribution is 6.30. The van der Waals surface area contributed by atoms with E-state index in [0.29, 0.717) is 28.7 Å². The maximum Gasteiger partial charge on any atom is 0.276 e. The van der Waals surface area contributed by atoms with Crippen LogP contribution in [-0.2, 0) is 4.79 Å². The van der Waals surface area contributed by atoms with Crippen LogP contribution in [0.4, 0.5) is 0 Å². The van der Waals surface area contributed by atoms with Gasteiger partial charge in [-0.05, 0) is 42.8 Å². The van der Waals surface area contributed by atoms with E-state index < -0.39 is 11.8 Å². The quantitative estimate of drug-likeness (QED) is 0.547. The Balaban J connectivity index is 1.82. The van der Waals surface area contributed by atoms with Crippen molar-refractivity contribution in [1.29, 1.82) is 0 Å². The molecule has 0 aliphatic carbocycles. The molecule has 138 valence electrons. The number of rotatable bonds is 8.